The second kappa shape index (κ2) is 11.0. The van der Waals surface area contributed by atoms with Gasteiger partial charge in [0.15, 0.2) is 5.96 Å². The van der Waals surface area contributed by atoms with Crippen LogP contribution in [0, 0.1) is 0 Å². The lowest BCUT2D eigenvalue weighted by molar-refractivity contribution is -0.0498. The standard InChI is InChI=1S/C20H23F2N3O2.HI/c1-23-20(25-13-15-3-2-4-17(12-15)27-19(21)22)24-9-7-14-5-6-18-16(11-14)8-10-26-18;/h2-6,11-12,19H,7-10,13H2,1H3,(H2,23,24,25);1H. The highest BCUT2D eigenvalue weighted by Gasteiger charge is 2.11. The van der Waals surface area contributed by atoms with Crippen molar-refractivity contribution in [2.75, 3.05) is 20.2 Å². The smallest absolute Gasteiger partial charge is 0.387 e. The number of fused-ring (bicyclic) bond motifs is 1. The number of hydrogen-bond donors (Lipinski definition) is 2. The molecule has 0 spiro atoms. The van der Waals surface area contributed by atoms with Gasteiger partial charge < -0.3 is 20.1 Å². The summed E-state index contributed by atoms with van der Waals surface area (Å²) >= 11 is 0. The van der Waals surface area contributed by atoms with Crippen LogP contribution in [0.2, 0.25) is 0 Å². The summed E-state index contributed by atoms with van der Waals surface area (Å²) in [4.78, 5) is 4.19. The average Bonchev–Trinajstić information content (AvgIpc) is 3.12. The van der Waals surface area contributed by atoms with Crippen molar-refractivity contribution in [3.8, 4) is 11.5 Å². The number of aliphatic imine (C=N–C) groups is 1. The maximum atomic E-state index is 12.3. The van der Waals surface area contributed by atoms with Gasteiger partial charge in [0.1, 0.15) is 11.5 Å². The van der Waals surface area contributed by atoms with Crippen LogP contribution >= 0.6 is 24.0 Å². The Morgan fingerprint density at radius 1 is 1.18 bits per heavy atom. The van der Waals surface area contributed by atoms with Gasteiger partial charge in [0.2, 0.25) is 0 Å². The molecule has 5 nitrogen and oxygen atoms in total. The van der Waals surface area contributed by atoms with Gasteiger partial charge in [0.05, 0.1) is 6.61 Å². The molecule has 2 aromatic rings. The summed E-state index contributed by atoms with van der Waals surface area (Å²) in [5.41, 5.74) is 3.34. The summed E-state index contributed by atoms with van der Waals surface area (Å²) < 4.78 is 34.5. The first-order valence-electron chi connectivity index (χ1n) is 8.87. The molecule has 0 unspecified atom stereocenters. The van der Waals surface area contributed by atoms with Crippen LogP contribution in [0.15, 0.2) is 47.5 Å². The van der Waals surface area contributed by atoms with Crippen molar-refractivity contribution in [3.63, 3.8) is 0 Å². The zero-order chi connectivity index (χ0) is 19.1. The highest BCUT2D eigenvalue weighted by atomic mass is 127. The van der Waals surface area contributed by atoms with Crippen molar-refractivity contribution >= 4 is 29.9 Å². The number of benzene rings is 2. The Bertz CT molecular complexity index is 803. The Morgan fingerprint density at radius 2 is 2.04 bits per heavy atom. The van der Waals surface area contributed by atoms with Gasteiger partial charge in [-0.25, -0.2) is 0 Å². The first-order valence-corrected chi connectivity index (χ1v) is 8.87. The van der Waals surface area contributed by atoms with Crippen molar-refractivity contribution in [3.05, 3.63) is 59.2 Å². The molecule has 1 heterocycles. The van der Waals surface area contributed by atoms with Crippen LogP contribution in [0.3, 0.4) is 0 Å². The van der Waals surface area contributed by atoms with Gasteiger partial charge in [-0.3, -0.25) is 4.99 Å². The number of nitrogens with zero attached hydrogens (tertiary/aromatic N) is 1. The zero-order valence-electron chi connectivity index (χ0n) is 15.6. The molecule has 0 atom stereocenters. The molecule has 8 heteroatoms. The summed E-state index contributed by atoms with van der Waals surface area (Å²) in [7, 11) is 1.69. The lowest BCUT2D eigenvalue weighted by atomic mass is 10.1. The van der Waals surface area contributed by atoms with Gasteiger partial charge in [-0.1, -0.05) is 24.3 Å². The average molecular weight is 503 g/mol. The topological polar surface area (TPSA) is 54.9 Å². The summed E-state index contributed by atoms with van der Waals surface area (Å²) in [5, 5.41) is 6.43. The third kappa shape index (κ3) is 6.50. The van der Waals surface area contributed by atoms with E-state index in [9.17, 15) is 8.78 Å². The molecule has 0 saturated heterocycles. The van der Waals surface area contributed by atoms with Gasteiger partial charge in [-0.05, 0) is 41.3 Å². The van der Waals surface area contributed by atoms with Crippen molar-refractivity contribution in [2.45, 2.75) is 26.0 Å². The molecule has 152 valence electrons. The quantitative estimate of drug-likeness (QED) is 0.344. The van der Waals surface area contributed by atoms with Crippen LogP contribution < -0.4 is 20.1 Å². The van der Waals surface area contributed by atoms with Crippen molar-refractivity contribution in [1.82, 2.24) is 10.6 Å². The number of hydrogen-bond acceptors (Lipinski definition) is 3. The van der Waals surface area contributed by atoms with Crippen molar-refractivity contribution in [2.24, 2.45) is 4.99 Å². The minimum absolute atomic E-state index is 0. The molecule has 0 aromatic heterocycles. The van der Waals surface area contributed by atoms with E-state index >= 15 is 0 Å². The number of ether oxygens (including phenoxy) is 2. The van der Waals surface area contributed by atoms with E-state index in [1.165, 1.54) is 17.2 Å². The molecule has 28 heavy (non-hydrogen) atoms. The maximum Gasteiger partial charge on any atom is 0.387 e. The SMILES string of the molecule is CN=C(NCCc1ccc2c(c1)CCO2)NCc1cccc(OC(F)F)c1.I. The maximum absolute atomic E-state index is 12.3. The Morgan fingerprint density at radius 3 is 2.82 bits per heavy atom. The molecule has 0 aliphatic carbocycles. The van der Waals surface area contributed by atoms with Gasteiger partial charge in [-0.15, -0.1) is 24.0 Å². The first kappa shape index (κ1) is 22.2. The van der Waals surface area contributed by atoms with Crippen LogP contribution in [0.25, 0.3) is 0 Å². The van der Waals surface area contributed by atoms with E-state index < -0.39 is 6.61 Å². The Balaban J connectivity index is 0.00000280. The predicted octanol–water partition coefficient (Wildman–Crippen LogP) is 3.75. The third-order valence-electron chi connectivity index (χ3n) is 4.27. The second-order valence-electron chi connectivity index (χ2n) is 6.17. The fraction of sp³-hybridized carbons (Fsp3) is 0.350. The van der Waals surface area contributed by atoms with E-state index in [0.29, 0.717) is 12.5 Å². The van der Waals surface area contributed by atoms with Crippen LogP contribution in [0.4, 0.5) is 8.78 Å². The fourth-order valence-electron chi connectivity index (χ4n) is 2.96. The largest absolute Gasteiger partial charge is 0.493 e. The van der Waals surface area contributed by atoms with Crippen LogP contribution in [-0.2, 0) is 19.4 Å². The van der Waals surface area contributed by atoms with E-state index in [1.54, 1.807) is 19.2 Å². The molecule has 0 fully saturated rings. The predicted molar refractivity (Wildman–Crippen MR) is 116 cm³/mol. The molecular weight excluding hydrogens is 479 g/mol. The number of alkyl halides is 2. The molecule has 0 amide bonds. The van der Waals surface area contributed by atoms with E-state index in [2.05, 4.69) is 32.5 Å². The van der Waals surface area contributed by atoms with Crippen molar-refractivity contribution < 1.29 is 18.3 Å². The Labute approximate surface area is 180 Å². The number of guanidine groups is 1. The molecular formula is C20H24F2IN3O2. The van der Waals surface area contributed by atoms with Gasteiger partial charge in [-0.2, -0.15) is 8.78 Å². The van der Waals surface area contributed by atoms with Crippen LogP contribution in [0.1, 0.15) is 16.7 Å². The molecule has 0 radical (unpaired) electrons. The fourth-order valence-corrected chi connectivity index (χ4v) is 2.96. The Kier molecular flexibility index (Phi) is 8.75. The minimum Gasteiger partial charge on any atom is -0.493 e. The molecule has 0 bridgehead atoms. The molecule has 0 saturated carbocycles. The van der Waals surface area contributed by atoms with Gasteiger partial charge in [0.25, 0.3) is 0 Å². The number of nitrogens with one attached hydrogen (secondary N) is 2. The van der Waals surface area contributed by atoms with E-state index in [4.69, 9.17) is 4.74 Å². The molecule has 3 rings (SSSR count). The summed E-state index contributed by atoms with van der Waals surface area (Å²) in [6, 6.07) is 12.9. The summed E-state index contributed by atoms with van der Waals surface area (Å²) in [6.07, 6.45) is 1.83. The molecule has 2 N–H and O–H groups in total. The van der Waals surface area contributed by atoms with Crippen LogP contribution in [0.5, 0.6) is 11.5 Å². The van der Waals surface area contributed by atoms with E-state index in [0.717, 1.165) is 37.3 Å². The number of halogens is 3. The second-order valence-corrected chi connectivity index (χ2v) is 6.17. The Hall–Kier alpha value is -2.10. The highest BCUT2D eigenvalue weighted by Crippen LogP contribution is 2.25. The minimum atomic E-state index is -2.83. The van der Waals surface area contributed by atoms with E-state index in [1.807, 2.05) is 12.1 Å². The molecule has 2 aromatic carbocycles. The summed E-state index contributed by atoms with van der Waals surface area (Å²) in [6.45, 7) is -0.880. The van der Waals surface area contributed by atoms with Gasteiger partial charge in [0, 0.05) is 26.6 Å². The molecule has 1 aliphatic rings. The van der Waals surface area contributed by atoms with E-state index in [-0.39, 0.29) is 29.7 Å². The first-order chi connectivity index (χ1) is 13.1. The number of rotatable bonds is 7. The monoisotopic (exact) mass is 503 g/mol. The lowest BCUT2D eigenvalue weighted by Gasteiger charge is -2.13. The lowest BCUT2D eigenvalue weighted by Crippen LogP contribution is -2.37. The summed E-state index contributed by atoms with van der Waals surface area (Å²) in [5.74, 6) is 1.79. The third-order valence-corrected chi connectivity index (χ3v) is 4.27. The highest BCUT2D eigenvalue weighted by molar-refractivity contribution is 14.0. The molecule has 1 aliphatic heterocycles. The van der Waals surface area contributed by atoms with Gasteiger partial charge >= 0.3 is 6.61 Å². The zero-order valence-corrected chi connectivity index (χ0v) is 17.9. The normalized spacial score (nSPS) is 12.8. The van der Waals surface area contributed by atoms with Crippen molar-refractivity contribution in [1.29, 1.82) is 0 Å². The van der Waals surface area contributed by atoms with Crippen LogP contribution in [-0.4, -0.2) is 32.8 Å².